The van der Waals surface area contributed by atoms with E-state index in [1.54, 1.807) is 24.3 Å². The topological polar surface area (TPSA) is 67.4 Å². The van der Waals surface area contributed by atoms with E-state index in [-0.39, 0.29) is 17.9 Å². The van der Waals surface area contributed by atoms with E-state index >= 15 is 0 Å². The third kappa shape index (κ3) is 4.27. The van der Waals surface area contributed by atoms with Crippen LogP contribution in [0.5, 0.6) is 5.75 Å². The first-order valence-corrected chi connectivity index (χ1v) is 10.4. The Morgan fingerprint density at radius 1 is 1.04 bits per heavy atom. The maximum atomic E-state index is 12.5. The number of carbonyl (C=O) groups excluding carboxylic acids is 2. The first-order chi connectivity index (χ1) is 13.2. The van der Waals surface area contributed by atoms with Gasteiger partial charge in [-0.05, 0) is 54.2 Å². The average Bonchev–Trinajstić information content (AvgIpc) is 3.13. The molecule has 0 spiro atoms. The highest BCUT2D eigenvalue weighted by atomic mass is 32.2. The van der Waals surface area contributed by atoms with Crippen LogP contribution >= 0.6 is 11.8 Å². The summed E-state index contributed by atoms with van der Waals surface area (Å²) in [5, 5.41) is 5.96. The minimum Gasteiger partial charge on any atom is -0.480 e. The number of nitrogens with one attached hydrogen (secondary N) is 2. The van der Waals surface area contributed by atoms with Gasteiger partial charge in [0.15, 0.2) is 6.10 Å². The van der Waals surface area contributed by atoms with Gasteiger partial charge in [-0.2, -0.15) is 11.8 Å². The number of thioether (sulfide) groups is 1. The van der Waals surface area contributed by atoms with Gasteiger partial charge in [0.2, 0.25) is 0 Å². The molecule has 0 saturated carbocycles. The molecule has 1 fully saturated rings. The van der Waals surface area contributed by atoms with Crippen LogP contribution in [0.3, 0.4) is 0 Å². The predicted molar refractivity (Wildman–Crippen MR) is 107 cm³/mol. The highest BCUT2D eigenvalue weighted by molar-refractivity contribution is 7.99. The summed E-state index contributed by atoms with van der Waals surface area (Å²) in [7, 11) is 0. The van der Waals surface area contributed by atoms with E-state index in [1.807, 2.05) is 36.0 Å². The largest absolute Gasteiger partial charge is 0.480 e. The van der Waals surface area contributed by atoms with E-state index in [2.05, 4.69) is 10.6 Å². The van der Waals surface area contributed by atoms with Gasteiger partial charge in [-0.25, -0.2) is 0 Å². The molecule has 0 radical (unpaired) electrons. The number of amides is 2. The van der Waals surface area contributed by atoms with Crippen molar-refractivity contribution in [3.8, 4) is 5.75 Å². The van der Waals surface area contributed by atoms with Crippen LogP contribution in [0.1, 0.15) is 28.8 Å². The van der Waals surface area contributed by atoms with Gasteiger partial charge >= 0.3 is 0 Å². The van der Waals surface area contributed by atoms with Crippen molar-refractivity contribution >= 4 is 29.3 Å². The second-order valence-electron chi connectivity index (χ2n) is 6.85. The summed E-state index contributed by atoms with van der Waals surface area (Å²) in [6.45, 7) is 0. The minimum absolute atomic E-state index is 0.0903. The fourth-order valence-electron chi connectivity index (χ4n) is 3.40. The van der Waals surface area contributed by atoms with Crippen molar-refractivity contribution < 1.29 is 14.3 Å². The number of para-hydroxylation sites is 1. The van der Waals surface area contributed by atoms with Crippen molar-refractivity contribution in [1.29, 1.82) is 0 Å². The summed E-state index contributed by atoms with van der Waals surface area (Å²) >= 11 is 1.93. The summed E-state index contributed by atoms with van der Waals surface area (Å²) < 4.78 is 5.73. The number of benzene rings is 2. The lowest BCUT2D eigenvalue weighted by molar-refractivity contribution is -0.122. The van der Waals surface area contributed by atoms with Gasteiger partial charge in [-0.3, -0.25) is 9.59 Å². The quantitative estimate of drug-likeness (QED) is 0.852. The lowest BCUT2D eigenvalue weighted by Crippen LogP contribution is -2.37. The Balaban J connectivity index is 1.38. The summed E-state index contributed by atoms with van der Waals surface area (Å²) in [6, 6.07) is 15.0. The van der Waals surface area contributed by atoms with Crippen LogP contribution < -0.4 is 15.4 Å². The van der Waals surface area contributed by atoms with E-state index in [1.165, 1.54) is 0 Å². The molecule has 0 aromatic heterocycles. The molecular formula is C21H22N2O3S. The maximum Gasteiger partial charge on any atom is 0.265 e. The summed E-state index contributed by atoms with van der Waals surface area (Å²) in [6.07, 6.45) is 2.03. The molecule has 1 atom stereocenters. The molecule has 2 aliphatic heterocycles. The number of carbonyl (C=O) groups is 2. The second kappa shape index (κ2) is 8.05. The third-order valence-electron chi connectivity index (χ3n) is 4.89. The zero-order valence-electron chi connectivity index (χ0n) is 14.9. The fourth-order valence-corrected chi connectivity index (χ4v) is 4.51. The highest BCUT2D eigenvalue weighted by Crippen LogP contribution is 2.28. The number of fused-ring (bicyclic) bond motifs is 1. The second-order valence-corrected chi connectivity index (χ2v) is 8.07. The van der Waals surface area contributed by atoms with Crippen LogP contribution in [0.4, 0.5) is 5.69 Å². The number of anilines is 1. The predicted octanol–water partition coefficient (Wildman–Crippen LogP) is 3.25. The van der Waals surface area contributed by atoms with E-state index < -0.39 is 6.10 Å². The van der Waals surface area contributed by atoms with E-state index in [0.717, 1.165) is 35.7 Å². The molecule has 6 heteroatoms. The third-order valence-corrected chi connectivity index (χ3v) is 5.94. The zero-order valence-corrected chi connectivity index (χ0v) is 15.8. The molecule has 1 saturated heterocycles. The lowest BCUT2D eigenvalue weighted by atomic mass is 10.1. The first kappa shape index (κ1) is 17.9. The molecule has 2 N–H and O–H groups in total. The minimum atomic E-state index is -0.542. The van der Waals surface area contributed by atoms with Crippen LogP contribution in [0.2, 0.25) is 0 Å². The molecule has 2 amide bonds. The molecule has 4 rings (SSSR count). The molecule has 1 unspecified atom stereocenters. The highest BCUT2D eigenvalue weighted by Gasteiger charge is 2.28. The Kier molecular flexibility index (Phi) is 5.34. The lowest BCUT2D eigenvalue weighted by Gasteiger charge is -2.22. The van der Waals surface area contributed by atoms with Crippen LogP contribution in [0.25, 0.3) is 0 Å². The van der Waals surface area contributed by atoms with Crippen molar-refractivity contribution in [2.75, 3.05) is 16.8 Å². The van der Waals surface area contributed by atoms with Crippen molar-refractivity contribution in [3.05, 3.63) is 59.7 Å². The Hall–Kier alpha value is -2.47. The monoisotopic (exact) mass is 382 g/mol. The molecule has 0 bridgehead atoms. The molecule has 2 aliphatic rings. The van der Waals surface area contributed by atoms with Crippen LogP contribution in [0.15, 0.2) is 48.5 Å². The van der Waals surface area contributed by atoms with E-state index in [9.17, 15) is 9.59 Å². The molecule has 0 aliphatic carbocycles. The van der Waals surface area contributed by atoms with Crippen molar-refractivity contribution in [2.24, 2.45) is 0 Å². The number of rotatable bonds is 4. The Bertz CT molecular complexity index is 824. The van der Waals surface area contributed by atoms with Crippen molar-refractivity contribution in [1.82, 2.24) is 5.32 Å². The first-order valence-electron chi connectivity index (χ1n) is 9.23. The fraction of sp³-hybridized carbons (Fsp3) is 0.333. The van der Waals surface area contributed by atoms with Gasteiger partial charge in [0, 0.05) is 23.7 Å². The van der Waals surface area contributed by atoms with Gasteiger partial charge in [-0.1, -0.05) is 24.3 Å². The summed E-state index contributed by atoms with van der Waals surface area (Å²) in [4.78, 5) is 25.0. The normalized spacial score (nSPS) is 19.0. The van der Waals surface area contributed by atoms with Gasteiger partial charge in [0.25, 0.3) is 11.8 Å². The average molecular weight is 382 g/mol. The Morgan fingerprint density at radius 3 is 2.67 bits per heavy atom. The van der Waals surface area contributed by atoms with Crippen LogP contribution in [0, 0.1) is 0 Å². The number of hydrogen-bond acceptors (Lipinski definition) is 4. The van der Waals surface area contributed by atoms with Gasteiger partial charge < -0.3 is 15.4 Å². The molecule has 2 aromatic carbocycles. The zero-order chi connectivity index (χ0) is 18.6. The van der Waals surface area contributed by atoms with Crippen molar-refractivity contribution in [2.45, 2.75) is 31.4 Å². The standard InChI is InChI=1S/C21H22N2O3S/c24-20(22-16-8-10-27-11-9-16)15-5-3-6-17(12-15)23-21(25)19-13-14-4-1-2-7-18(14)26-19/h1-7,12,16,19H,8-11,13H2,(H,22,24)(H,23,25). The maximum absolute atomic E-state index is 12.5. The molecule has 140 valence electrons. The molecule has 2 aromatic rings. The number of ether oxygens (including phenoxy) is 1. The van der Waals surface area contributed by atoms with E-state index in [0.29, 0.717) is 17.7 Å². The molecular weight excluding hydrogens is 360 g/mol. The van der Waals surface area contributed by atoms with Gasteiger partial charge in [0.1, 0.15) is 5.75 Å². The van der Waals surface area contributed by atoms with Crippen LogP contribution in [-0.4, -0.2) is 35.5 Å². The SMILES string of the molecule is O=C(NC1CCSCC1)c1cccc(NC(=O)C2Cc3ccccc3O2)c1. The molecule has 27 heavy (non-hydrogen) atoms. The van der Waals surface area contributed by atoms with Gasteiger partial charge in [0.05, 0.1) is 0 Å². The molecule has 5 nitrogen and oxygen atoms in total. The smallest absolute Gasteiger partial charge is 0.265 e. The summed E-state index contributed by atoms with van der Waals surface area (Å²) in [5.41, 5.74) is 2.20. The Morgan fingerprint density at radius 2 is 1.85 bits per heavy atom. The van der Waals surface area contributed by atoms with Crippen molar-refractivity contribution in [3.63, 3.8) is 0 Å². The number of hydrogen-bond donors (Lipinski definition) is 2. The van der Waals surface area contributed by atoms with Gasteiger partial charge in [-0.15, -0.1) is 0 Å². The summed E-state index contributed by atoms with van der Waals surface area (Å²) in [5.74, 6) is 2.65. The van der Waals surface area contributed by atoms with E-state index in [4.69, 9.17) is 4.74 Å². The Labute approximate surface area is 162 Å². The molecule has 2 heterocycles. The van der Waals surface area contributed by atoms with Crippen LogP contribution in [-0.2, 0) is 11.2 Å².